The summed E-state index contributed by atoms with van der Waals surface area (Å²) in [5.41, 5.74) is 0.906. The van der Waals surface area contributed by atoms with Crippen molar-refractivity contribution in [1.29, 1.82) is 0 Å². The highest BCUT2D eigenvalue weighted by Gasteiger charge is 2.15. The summed E-state index contributed by atoms with van der Waals surface area (Å²) in [5, 5.41) is 0.535. The van der Waals surface area contributed by atoms with Crippen LogP contribution in [0.25, 0.3) is 0 Å². The Kier molecular flexibility index (Phi) is 3.87. The number of aromatic nitrogens is 2. The molecule has 0 bridgehead atoms. The Bertz CT molecular complexity index is 592. The van der Waals surface area contributed by atoms with E-state index in [0.29, 0.717) is 42.1 Å². The SMILES string of the molecule is Clc1cc(COc2cncnc2)cc2c1OCCCO2. The van der Waals surface area contributed by atoms with Crippen LogP contribution < -0.4 is 14.2 Å². The van der Waals surface area contributed by atoms with Gasteiger partial charge in [0.25, 0.3) is 0 Å². The number of halogens is 1. The third-order valence-electron chi connectivity index (χ3n) is 2.80. The second-order valence-electron chi connectivity index (χ2n) is 4.32. The molecule has 0 N–H and O–H groups in total. The number of fused-ring (bicyclic) bond motifs is 1. The van der Waals surface area contributed by atoms with Crippen LogP contribution in [0.3, 0.4) is 0 Å². The van der Waals surface area contributed by atoms with Gasteiger partial charge in [-0.25, -0.2) is 9.97 Å². The summed E-state index contributed by atoms with van der Waals surface area (Å²) in [6.07, 6.45) is 5.52. The predicted octanol–water partition coefficient (Wildman–Crippen LogP) is 2.87. The van der Waals surface area contributed by atoms with Crippen LogP contribution in [-0.2, 0) is 6.61 Å². The fourth-order valence-corrected chi connectivity index (χ4v) is 2.18. The third-order valence-corrected chi connectivity index (χ3v) is 3.09. The van der Waals surface area contributed by atoms with Crippen LogP contribution in [0.5, 0.6) is 17.2 Å². The Morgan fingerprint density at radius 3 is 2.80 bits per heavy atom. The zero-order chi connectivity index (χ0) is 13.8. The summed E-state index contributed by atoms with van der Waals surface area (Å²) in [6, 6.07) is 3.70. The zero-order valence-corrected chi connectivity index (χ0v) is 11.5. The molecule has 0 radical (unpaired) electrons. The molecule has 0 amide bonds. The number of ether oxygens (including phenoxy) is 3. The Morgan fingerprint density at radius 1 is 1.15 bits per heavy atom. The maximum atomic E-state index is 6.22. The maximum Gasteiger partial charge on any atom is 0.179 e. The highest BCUT2D eigenvalue weighted by molar-refractivity contribution is 6.32. The molecule has 0 aliphatic carbocycles. The smallest absolute Gasteiger partial charge is 0.179 e. The number of nitrogens with zero attached hydrogens (tertiary/aromatic N) is 2. The number of hydrogen-bond donors (Lipinski definition) is 0. The van der Waals surface area contributed by atoms with Gasteiger partial charge in [0.1, 0.15) is 12.9 Å². The minimum Gasteiger partial charge on any atom is -0.489 e. The summed E-state index contributed by atoms with van der Waals surface area (Å²) in [5.74, 6) is 1.88. The Balaban J connectivity index is 1.77. The molecule has 0 saturated carbocycles. The molecule has 2 aromatic rings. The van der Waals surface area contributed by atoms with Gasteiger partial charge in [-0.3, -0.25) is 0 Å². The van der Waals surface area contributed by atoms with E-state index in [1.807, 2.05) is 12.1 Å². The molecule has 104 valence electrons. The van der Waals surface area contributed by atoms with Crippen molar-refractivity contribution < 1.29 is 14.2 Å². The highest BCUT2D eigenvalue weighted by Crippen LogP contribution is 2.38. The summed E-state index contributed by atoms with van der Waals surface area (Å²) >= 11 is 6.22. The average Bonchev–Trinajstić information content (AvgIpc) is 2.72. The summed E-state index contributed by atoms with van der Waals surface area (Å²) in [4.78, 5) is 7.78. The molecule has 0 spiro atoms. The minimum absolute atomic E-state index is 0.365. The van der Waals surface area contributed by atoms with E-state index in [4.69, 9.17) is 25.8 Å². The molecule has 1 aliphatic rings. The number of rotatable bonds is 3. The van der Waals surface area contributed by atoms with Gasteiger partial charge in [-0.1, -0.05) is 11.6 Å². The van der Waals surface area contributed by atoms with Gasteiger partial charge in [0.05, 0.1) is 30.6 Å². The van der Waals surface area contributed by atoms with E-state index in [0.717, 1.165) is 12.0 Å². The molecule has 0 fully saturated rings. The normalized spacial score (nSPS) is 13.7. The minimum atomic E-state index is 0.365. The average molecular weight is 293 g/mol. The van der Waals surface area contributed by atoms with Crippen molar-refractivity contribution in [2.45, 2.75) is 13.0 Å². The van der Waals surface area contributed by atoms with Gasteiger partial charge < -0.3 is 14.2 Å². The molecule has 1 aromatic heterocycles. The van der Waals surface area contributed by atoms with Crippen LogP contribution in [0.15, 0.2) is 30.9 Å². The predicted molar refractivity (Wildman–Crippen MR) is 73.4 cm³/mol. The largest absolute Gasteiger partial charge is 0.489 e. The van der Waals surface area contributed by atoms with E-state index in [2.05, 4.69) is 9.97 Å². The number of benzene rings is 1. The Hall–Kier alpha value is -2.01. The molecule has 1 aromatic carbocycles. The van der Waals surface area contributed by atoms with Crippen molar-refractivity contribution >= 4 is 11.6 Å². The molecule has 5 nitrogen and oxygen atoms in total. The molecule has 3 rings (SSSR count). The van der Waals surface area contributed by atoms with Gasteiger partial charge >= 0.3 is 0 Å². The van der Waals surface area contributed by atoms with Crippen molar-refractivity contribution in [1.82, 2.24) is 9.97 Å². The molecule has 0 unspecified atom stereocenters. The maximum absolute atomic E-state index is 6.22. The molecule has 2 heterocycles. The van der Waals surface area contributed by atoms with E-state index in [-0.39, 0.29) is 0 Å². The van der Waals surface area contributed by atoms with Gasteiger partial charge in [0, 0.05) is 6.42 Å². The van der Waals surface area contributed by atoms with Crippen LogP contribution >= 0.6 is 11.6 Å². The van der Waals surface area contributed by atoms with E-state index in [9.17, 15) is 0 Å². The van der Waals surface area contributed by atoms with E-state index >= 15 is 0 Å². The van der Waals surface area contributed by atoms with E-state index < -0.39 is 0 Å². The lowest BCUT2D eigenvalue weighted by atomic mass is 10.2. The molecule has 1 aliphatic heterocycles. The van der Waals surface area contributed by atoms with Crippen LogP contribution in [0, 0.1) is 0 Å². The molecule has 20 heavy (non-hydrogen) atoms. The van der Waals surface area contributed by atoms with Crippen molar-refractivity contribution in [3.05, 3.63) is 41.4 Å². The highest BCUT2D eigenvalue weighted by atomic mass is 35.5. The van der Waals surface area contributed by atoms with Gasteiger partial charge in [-0.15, -0.1) is 0 Å². The van der Waals surface area contributed by atoms with Crippen molar-refractivity contribution in [3.8, 4) is 17.2 Å². The Labute approximate surface area is 121 Å². The first-order chi connectivity index (χ1) is 9.83. The first-order valence-electron chi connectivity index (χ1n) is 6.29. The summed E-state index contributed by atoms with van der Waals surface area (Å²) < 4.78 is 16.8. The van der Waals surface area contributed by atoms with Crippen molar-refractivity contribution in [2.24, 2.45) is 0 Å². The standard InChI is InChI=1S/C14H13ClN2O3/c15-12-4-10(8-20-11-6-16-9-17-7-11)5-13-14(12)19-3-1-2-18-13/h4-7,9H,1-3,8H2. The van der Waals surface area contributed by atoms with Crippen LogP contribution in [0.2, 0.25) is 5.02 Å². The molecule has 0 atom stereocenters. The van der Waals surface area contributed by atoms with Crippen LogP contribution in [0.1, 0.15) is 12.0 Å². The third kappa shape index (κ3) is 2.93. The van der Waals surface area contributed by atoms with Gasteiger partial charge in [0.2, 0.25) is 0 Å². The Morgan fingerprint density at radius 2 is 1.95 bits per heavy atom. The quantitative estimate of drug-likeness (QED) is 0.870. The van der Waals surface area contributed by atoms with Gasteiger partial charge in [-0.05, 0) is 17.7 Å². The first kappa shape index (κ1) is 13.0. The van der Waals surface area contributed by atoms with Crippen LogP contribution in [0.4, 0.5) is 0 Å². The first-order valence-corrected chi connectivity index (χ1v) is 6.66. The molecular weight excluding hydrogens is 280 g/mol. The monoisotopic (exact) mass is 292 g/mol. The topological polar surface area (TPSA) is 53.5 Å². The zero-order valence-electron chi connectivity index (χ0n) is 10.7. The van der Waals surface area contributed by atoms with Gasteiger partial charge in [0.15, 0.2) is 17.2 Å². The lowest BCUT2D eigenvalue weighted by molar-refractivity contribution is 0.295. The van der Waals surface area contributed by atoms with Crippen molar-refractivity contribution in [3.63, 3.8) is 0 Å². The fraction of sp³-hybridized carbons (Fsp3) is 0.286. The lowest BCUT2D eigenvalue weighted by Gasteiger charge is -2.12. The van der Waals surface area contributed by atoms with E-state index in [1.54, 1.807) is 12.4 Å². The lowest BCUT2D eigenvalue weighted by Crippen LogP contribution is -1.99. The van der Waals surface area contributed by atoms with Crippen LogP contribution in [-0.4, -0.2) is 23.2 Å². The second kappa shape index (κ2) is 5.96. The fourth-order valence-electron chi connectivity index (χ4n) is 1.89. The number of hydrogen-bond acceptors (Lipinski definition) is 5. The summed E-state index contributed by atoms with van der Waals surface area (Å²) in [6.45, 7) is 1.60. The van der Waals surface area contributed by atoms with E-state index in [1.165, 1.54) is 6.33 Å². The van der Waals surface area contributed by atoms with Crippen molar-refractivity contribution in [2.75, 3.05) is 13.2 Å². The molecule has 0 saturated heterocycles. The second-order valence-corrected chi connectivity index (χ2v) is 4.73. The van der Waals surface area contributed by atoms with Gasteiger partial charge in [-0.2, -0.15) is 0 Å². The molecule has 6 heteroatoms. The summed E-state index contributed by atoms with van der Waals surface area (Å²) in [7, 11) is 0. The molecular formula is C14H13ClN2O3.